The minimum absolute atomic E-state index is 0.273. The molecule has 0 saturated heterocycles. The summed E-state index contributed by atoms with van der Waals surface area (Å²) in [5.41, 5.74) is 0.273. The molecule has 1 saturated carbocycles. The van der Waals surface area contributed by atoms with Gasteiger partial charge in [0.2, 0.25) is 0 Å². The van der Waals surface area contributed by atoms with Crippen molar-refractivity contribution in [2.24, 2.45) is 5.92 Å². The third-order valence-electron chi connectivity index (χ3n) is 3.83. The molecule has 0 spiro atoms. The summed E-state index contributed by atoms with van der Waals surface area (Å²) in [4.78, 5) is 18.2. The second-order valence-corrected chi connectivity index (χ2v) is 6.12. The van der Waals surface area contributed by atoms with Gasteiger partial charge in [0.25, 0.3) is 0 Å². The van der Waals surface area contributed by atoms with E-state index in [4.69, 9.17) is 0 Å². The van der Waals surface area contributed by atoms with Gasteiger partial charge in [-0.15, -0.1) is 0 Å². The van der Waals surface area contributed by atoms with Crippen LogP contribution in [-0.4, -0.2) is 28.6 Å². The monoisotopic (exact) mass is 284 g/mol. The average molecular weight is 284 g/mol. The number of carbonyl (C=O) groups is 1. The maximum absolute atomic E-state index is 11.4. The van der Waals surface area contributed by atoms with Crippen LogP contribution in [0.15, 0.2) is 30.5 Å². The molecule has 0 radical (unpaired) electrons. The van der Waals surface area contributed by atoms with Gasteiger partial charge in [-0.05, 0) is 18.8 Å². The number of aromatic nitrogens is 1. The standard InChI is InChI=1S/C17H20N2O2/c1-11(2)10-19(12-7-8-12)16-14-6-4-3-5-13(14)15(9-18-16)17(20)21/h3-6,9,11-12H,7-8,10H2,1-2H3,(H,20,21). The molecule has 0 aliphatic heterocycles. The van der Waals surface area contributed by atoms with E-state index in [0.29, 0.717) is 12.0 Å². The Morgan fingerprint density at radius 1 is 1.33 bits per heavy atom. The van der Waals surface area contributed by atoms with Gasteiger partial charge in [-0.1, -0.05) is 38.1 Å². The summed E-state index contributed by atoms with van der Waals surface area (Å²) in [5, 5.41) is 11.0. The van der Waals surface area contributed by atoms with E-state index in [0.717, 1.165) is 23.1 Å². The first-order chi connectivity index (χ1) is 10.1. The van der Waals surface area contributed by atoms with Crippen molar-refractivity contribution in [3.05, 3.63) is 36.0 Å². The van der Waals surface area contributed by atoms with Gasteiger partial charge in [-0.3, -0.25) is 0 Å². The quantitative estimate of drug-likeness (QED) is 0.912. The zero-order valence-electron chi connectivity index (χ0n) is 12.4. The Hall–Kier alpha value is -2.10. The van der Waals surface area contributed by atoms with Crippen molar-refractivity contribution >= 4 is 22.6 Å². The molecular formula is C17H20N2O2. The van der Waals surface area contributed by atoms with Crippen LogP contribution in [0.1, 0.15) is 37.0 Å². The van der Waals surface area contributed by atoms with Crippen molar-refractivity contribution in [2.75, 3.05) is 11.4 Å². The molecule has 3 rings (SSSR count). The average Bonchev–Trinajstić information content (AvgIpc) is 3.28. The van der Waals surface area contributed by atoms with Gasteiger partial charge in [-0.25, -0.2) is 9.78 Å². The molecule has 1 aliphatic carbocycles. The van der Waals surface area contributed by atoms with E-state index in [-0.39, 0.29) is 5.56 Å². The molecule has 1 fully saturated rings. The minimum atomic E-state index is -0.924. The third-order valence-corrected chi connectivity index (χ3v) is 3.83. The van der Waals surface area contributed by atoms with E-state index in [1.54, 1.807) is 0 Å². The van der Waals surface area contributed by atoms with Crippen LogP contribution in [0.4, 0.5) is 5.82 Å². The molecule has 1 heterocycles. The van der Waals surface area contributed by atoms with Crippen LogP contribution < -0.4 is 4.90 Å². The summed E-state index contributed by atoms with van der Waals surface area (Å²) >= 11 is 0. The summed E-state index contributed by atoms with van der Waals surface area (Å²) < 4.78 is 0. The topological polar surface area (TPSA) is 53.4 Å². The molecule has 1 aliphatic rings. The predicted molar refractivity (Wildman–Crippen MR) is 83.9 cm³/mol. The van der Waals surface area contributed by atoms with Gasteiger partial charge in [0.1, 0.15) is 5.82 Å². The van der Waals surface area contributed by atoms with Crippen molar-refractivity contribution in [1.82, 2.24) is 4.98 Å². The molecule has 110 valence electrons. The molecule has 1 aromatic carbocycles. The van der Waals surface area contributed by atoms with Gasteiger partial charge >= 0.3 is 5.97 Å². The van der Waals surface area contributed by atoms with Crippen molar-refractivity contribution in [3.63, 3.8) is 0 Å². The summed E-state index contributed by atoms with van der Waals surface area (Å²) in [6, 6.07) is 8.21. The first-order valence-corrected chi connectivity index (χ1v) is 7.45. The second-order valence-electron chi connectivity index (χ2n) is 6.12. The number of carboxylic acids is 1. The molecule has 2 aromatic rings. The van der Waals surface area contributed by atoms with Crippen LogP contribution in [0.2, 0.25) is 0 Å². The normalized spacial score (nSPS) is 14.6. The molecule has 0 amide bonds. The number of rotatable bonds is 5. The molecule has 21 heavy (non-hydrogen) atoms. The largest absolute Gasteiger partial charge is 0.478 e. The number of fused-ring (bicyclic) bond motifs is 1. The number of anilines is 1. The van der Waals surface area contributed by atoms with E-state index in [1.165, 1.54) is 19.0 Å². The highest BCUT2D eigenvalue weighted by atomic mass is 16.4. The fraction of sp³-hybridized carbons (Fsp3) is 0.412. The van der Waals surface area contributed by atoms with E-state index < -0.39 is 5.97 Å². The minimum Gasteiger partial charge on any atom is -0.478 e. The second kappa shape index (κ2) is 5.35. The fourth-order valence-electron chi connectivity index (χ4n) is 2.77. The van der Waals surface area contributed by atoms with Crippen LogP contribution in [0.25, 0.3) is 10.8 Å². The van der Waals surface area contributed by atoms with E-state index in [1.807, 2.05) is 24.3 Å². The van der Waals surface area contributed by atoms with Crippen molar-refractivity contribution in [1.29, 1.82) is 0 Å². The first kappa shape index (κ1) is 13.9. The van der Waals surface area contributed by atoms with Gasteiger partial charge in [-0.2, -0.15) is 0 Å². The Morgan fingerprint density at radius 3 is 2.57 bits per heavy atom. The van der Waals surface area contributed by atoms with Crippen molar-refractivity contribution in [2.45, 2.75) is 32.7 Å². The Bertz CT molecular complexity index is 678. The smallest absolute Gasteiger partial charge is 0.337 e. The van der Waals surface area contributed by atoms with Crippen molar-refractivity contribution < 1.29 is 9.90 Å². The lowest BCUT2D eigenvalue weighted by Crippen LogP contribution is -2.30. The SMILES string of the molecule is CC(C)CN(c1ncc(C(=O)O)c2ccccc12)C1CC1. The Labute approximate surface area is 124 Å². The Balaban J connectivity index is 2.14. The number of aromatic carboxylic acids is 1. The molecule has 4 nitrogen and oxygen atoms in total. The van der Waals surface area contributed by atoms with Crippen LogP contribution in [0.3, 0.4) is 0 Å². The maximum atomic E-state index is 11.4. The van der Waals surface area contributed by atoms with Crippen LogP contribution in [-0.2, 0) is 0 Å². The lowest BCUT2D eigenvalue weighted by molar-refractivity contribution is 0.0698. The predicted octanol–water partition coefficient (Wildman–Crippen LogP) is 3.56. The fourth-order valence-corrected chi connectivity index (χ4v) is 2.77. The van der Waals surface area contributed by atoms with Gasteiger partial charge in [0, 0.05) is 29.6 Å². The van der Waals surface area contributed by atoms with Crippen molar-refractivity contribution in [3.8, 4) is 0 Å². The zero-order valence-corrected chi connectivity index (χ0v) is 12.4. The molecule has 1 aromatic heterocycles. The highest BCUT2D eigenvalue weighted by Crippen LogP contribution is 2.35. The first-order valence-electron chi connectivity index (χ1n) is 7.45. The number of hydrogen-bond donors (Lipinski definition) is 1. The molecule has 4 heteroatoms. The maximum Gasteiger partial charge on any atom is 0.337 e. The van der Waals surface area contributed by atoms with E-state index >= 15 is 0 Å². The highest BCUT2D eigenvalue weighted by Gasteiger charge is 2.31. The van der Waals surface area contributed by atoms with Gasteiger partial charge < -0.3 is 10.0 Å². The lowest BCUT2D eigenvalue weighted by atomic mass is 10.1. The number of hydrogen-bond acceptors (Lipinski definition) is 3. The molecule has 1 N–H and O–H groups in total. The summed E-state index contributed by atoms with van der Waals surface area (Å²) in [7, 11) is 0. The highest BCUT2D eigenvalue weighted by molar-refractivity contribution is 6.06. The zero-order chi connectivity index (χ0) is 15.0. The molecular weight excluding hydrogens is 264 g/mol. The van der Waals surface area contributed by atoms with Gasteiger partial charge in [0.15, 0.2) is 0 Å². The Morgan fingerprint density at radius 2 is 2.00 bits per heavy atom. The number of nitrogens with zero attached hydrogens (tertiary/aromatic N) is 2. The number of carboxylic acid groups (broad SMARTS) is 1. The summed E-state index contributed by atoms with van der Waals surface area (Å²) in [5.74, 6) is 0.546. The molecule has 0 atom stereocenters. The van der Waals surface area contributed by atoms with Crippen LogP contribution >= 0.6 is 0 Å². The third kappa shape index (κ3) is 2.71. The van der Waals surface area contributed by atoms with Crippen LogP contribution in [0, 0.1) is 5.92 Å². The number of pyridine rings is 1. The Kier molecular flexibility index (Phi) is 3.53. The molecule has 0 bridgehead atoms. The summed E-state index contributed by atoms with van der Waals surface area (Å²) in [6.07, 6.45) is 3.89. The molecule has 0 unspecified atom stereocenters. The summed E-state index contributed by atoms with van der Waals surface area (Å²) in [6.45, 7) is 5.35. The van der Waals surface area contributed by atoms with Gasteiger partial charge in [0.05, 0.1) is 5.56 Å². The number of benzene rings is 1. The van der Waals surface area contributed by atoms with E-state index in [2.05, 4.69) is 23.7 Å². The van der Waals surface area contributed by atoms with E-state index in [9.17, 15) is 9.90 Å². The van der Waals surface area contributed by atoms with Crippen LogP contribution in [0.5, 0.6) is 0 Å². The lowest BCUT2D eigenvalue weighted by Gasteiger charge is -2.27.